The number of thioether (sulfide) groups is 1. The van der Waals surface area contributed by atoms with Gasteiger partial charge in [0.2, 0.25) is 5.91 Å². The first kappa shape index (κ1) is 21.8. The van der Waals surface area contributed by atoms with E-state index in [9.17, 15) is 9.59 Å². The highest BCUT2D eigenvalue weighted by Gasteiger charge is 2.23. The molecule has 4 aromatic rings. The fourth-order valence-electron chi connectivity index (χ4n) is 4.49. The van der Waals surface area contributed by atoms with Gasteiger partial charge in [0.1, 0.15) is 11.0 Å². The topological polar surface area (TPSA) is 71.0 Å². The number of aromatic nitrogens is 3. The number of piperidine rings is 1. The standard InChI is InChI=1S/C26H28N4O2S/c1-16-10-12-29(13-11-16)22(31)15-33-26-28-23-19-6-4-5-7-20(19)27-24(23)25(32)30(26)21-14-17(2)8-9-18(21)3/h4-9,14,16,27H,10-13,15H2,1-3H3. The van der Waals surface area contributed by atoms with Crippen LogP contribution in [0.5, 0.6) is 0 Å². The molecule has 2 aromatic carbocycles. The Kier molecular flexibility index (Phi) is 5.74. The predicted octanol–water partition coefficient (Wildman–Crippen LogP) is 4.83. The van der Waals surface area contributed by atoms with Crippen molar-refractivity contribution in [3.8, 4) is 5.69 Å². The summed E-state index contributed by atoms with van der Waals surface area (Å²) in [5.41, 5.74) is 4.72. The van der Waals surface area contributed by atoms with E-state index in [4.69, 9.17) is 4.98 Å². The summed E-state index contributed by atoms with van der Waals surface area (Å²) in [6.45, 7) is 7.85. The molecule has 6 nitrogen and oxygen atoms in total. The van der Waals surface area contributed by atoms with Crippen LogP contribution >= 0.6 is 11.8 Å². The molecule has 1 aliphatic heterocycles. The molecule has 1 amide bonds. The Bertz CT molecular complexity index is 1410. The van der Waals surface area contributed by atoms with Crippen LogP contribution in [0.25, 0.3) is 27.6 Å². The zero-order valence-corrected chi connectivity index (χ0v) is 20.0. The van der Waals surface area contributed by atoms with Gasteiger partial charge in [0.15, 0.2) is 5.16 Å². The molecule has 1 N–H and O–H groups in total. The third-order valence-corrected chi connectivity index (χ3v) is 7.48. The van der Waals surface area contributed by atoms with Crippen LogP contribution in [0.1, 0.15) is 30.9 Å². The number of hydrogen-bond acceptors (Lipinski definition) is 4. The molecule has 1 aliphatic rings. The molecular weight excluding hydrogens is 432 g/mol. The van der Waals surface area contributed by atoms with Gasteiger partial charge in [0, 0.05) is 24.0 Å². The highest BCUT2D eigenvalue weighted by atomic mass is 32.2. The van der Waals surface area contributed by atoms with Gasteiger partial charge in [0.05, 0.1) is 11.4 Å². The van der Waals surface area contributed by atoms with Crippen molar-refractivity contribution in [2.45, 2.75) is 38.8 Å². The highest BCUT2D eigenvalue weighted by Crippen LogP contribution is 2.28. The van der Waals surface area contributed by atoms with Gasteiger partial charge in [-0.15, -0.1) is 0 Å². The Balaban J connectivity index is 1.61. The number of nitrogens with zero attached hydrogens (tertiary/aromatic N) is 3. The summed E-state index contributed by atoms with van der Waals surface area (Å²) >= 11 is 1.35. The summed E-state index contributed by atoms with van der Waals surface area (Å²) < 4.78 is 1.66. The fourth-order valence-corrected chi connectivity index (χ4v) is 5.39. The van der Waals surface area contributed by atoms with Crippen LogP contribution in [0, 0.1) is 19.8 Å². The molecule has 3 heterocycles. The first-order chi connectivity index (χ1) is 15.9. The van der Waals surface area contributed by atoms with Gasteiger partial charge in [-0.05, 0) is 55.9 Å². The van der Waals surface area contributed by atoms with E-state index in [1.165, 1.54) is 11.8 Å². The third-order valence-electron chi connectivity index (χ3n) is 6.56. The Labute approximate surface area is 197 Å². The average molecular weight is 461 g/mol. The molecule has 170 valence electrons. The minimum Gasteiger partial charge on any atom is -0.349 e. The smallest absolute Gasteiger partial charge is 0.283 e. The monoisotopic (exact) mass is 460 g/mol. The van der Waals surface area contributed by atoms with Crippen molar-refractivity contribution < 1.29 is 4.79 Å². The van der Waals surface area contributed by atoms with Crippen molar-refractivity contribution in [2.24, 2.45) is 5.92 Å². The number of para-hydroxylation sites is 1. The molecule has 0 radical (unpaired) electrons. The van der Waals surface area contributed by atoms with Gasteiger partial charge in [0.25, 0.3) is 5.56 Å². The minimum atomic E-state index is -0.147. The van der Waals surface area contributed by atoms with Crippen LogP contribution in [0.4, 0.5) is 0 Å². The summed E-state index contributed by atoms with van der Waals surface area (Å²) in [6, 6.07) is 13.9. The molecular formula is C26H28N4O2S. The van der Waals surface area contributed by atoms with E-state index in [0.717, 1.165) is 53.6 Å². The SMILES string of the molecule is Cc1ccc(C)c(-n2c(SCC(=O)N3CCC(C)CC3)nc3c([nH]c4ccccc43)c2=O)c1. The number of amides is 1. The number of fused-ring (bicyclic) bond motifs is 3. The van der Waals surface area contributed by atoms with E-state index in [1.807, 2.05) is 61.2 Å². The lowest BCUT2D eigenvalue weighted by Gasteiger charge is -2.30. The van der Waals surface area contributed by atoms with E-state index in [2.05, 4.69) is 11.9 Å². The molecule has 0 atom stereocenters. The number of carbonyl (C=O) groups is 1. The number of likely N-dealkylation sites (tertiary alicyclic amines) is 1. The lowest BCUT2D eigenvalue weighted by Crippen LogP contribution is -2.39. The number of aryl methyl sites for hydroxylation is 2. The van der Waals surface area contributed by atoms with E-state index in [1.54, 1.807) is 4.57 Å². The lowest BCUT2D eigenvalue weighted by atomic mass is 9.99. The molecule has 0 spiro atoms. The normalized spacial score (nSPS) is 14.9. The van der Waals surface area contributed by atoms with E-state index < -0.39 is 0 Å². The first-order valence-electron chi connectivity index (χ1n) is 11.4. The minimum absolute atomic E-state index is 0.104. The van der Waals surface area contributed by atoms with Crippen molar-refractivity contribution in [3.63, 3.8) is 0 Å². The van der Waals surface area contributed by atoms with Gasteiger partial charge in [-0.25, -0.2) is 4.98 Å². The van der Waals surface area contributed by atoms with Crippen molar-refractivity contribution in [1.29, 1.82) is 0 Å². The molecule has 33 heavy (non-hydrogen) atoms. The number of carbonyl (C=O) groups excluding carboxylic acids is 1. The second kappa shape index (κ2) is 8.71. The number of benzene rings is 2. The van der Waals surface area contributed by atoms with Crippen molar-refractivity contribution in [2.75, 3.05) is 18.8 Å². The van der Waals surface area contributed by atoms with Crippen LogP contribution in [0.2, 0.25) is 0 Å². The third kappa shape index (κ3) is 4.06. The first-order valence-corrected chi connectivity index (χ1v) is 12.4. The van der Waals surface area contributed by atoms with Gasteiger partial charge in [-0.2, -0.15) is 0 Å². The summed E-state index contributed by atoms with van der Waals surface area (Å²) in [6.07, 6.45) is 2.09. The second-order valence-electron chi connectivity index (χ2n) is 9.07. The highest BCUT2D eigenvalue weighted by molar-refractivity contribution is 7.99. The van der Waals surface area contributed by atoms with Crippen molar-refractivity contribution in [3.05, 3.63) is 63.9 Å². The zero-order valence-electron chi connectivity index (χ0n) is 19.2. The average Bonchev–Trinajstić information content (AvgIpc) is 3.19. The molecule has 1 saturated heterocycles. The van der Waals surface area contributed by atoms with Crippen LogP contribution in [0.15, 0.2) is 52.4 Å². The molecule has 0 saturated carbocycles. The fraction of sp³-hybridized carbons (Fsp3) is 0.346. The Morgan fingerprint density at radius 1 is 1.15 bits per heavy atom. The van der Waals surface area contributed by atoms with Gasteiger partial charge >= 0.3 is 0 Å². The summed E-state index contributed by atoms with van der Waals surface area (Å²) in [5.74, 6) is 1.04. The molecule has 2 aromatic heterocycles. The summed E-state index contributed by atoms with van der Waals surface area (Å²) in [7, 11) is 0. The van der Waals surface area contributed by atoms with Crippen molar-refractivity contribution >= 4 is 39.6 Å². The van der Waals surface area contributed by atoms with E-state index in [0.29, 0.717) is 22.1 Å². The largest absolute Gasteiger partial charge is 0.349 e. The van der Waals surface area contributed by atoms with Gasteiger partial charge in [-0.1, -0.05) is 49.0 Å². The van der Waals surface area contributed by atoms with Crippen LogP contribution < -0.4 is 5.56 Å². The van der Waals surface area contributed by atoms with Gasteiger partial charge < -0.3 is 9.88 Å². The maximum atomic E-state index is 13.7. The van der Waals surface area contributed by atoms with Crippen LogP contribution in [-0.2, 0) is 4.79 Å². The Morgan fingerprint density at radius 2 is 1.91 bits per heavy atom. The predicted molar refractivity (Wildman–Crippen MR) is 134 cm³/mol. The maximum absolute atomic E-state index is 13.7. The summed E-state index contributed by atoms with van der Waals surface area (Å²) in [4.78, 5) is 36.8. The number of rotatable bonds is 4. The quantitative estimate of drug-likeness (QED) is 0.350. The van der Waals surface area contributed by atoms with Crippen molar-refractivity contribution in [1.82, 2.24) is 19.4 Å². The lowest BCUT2D eigenvalue weighted by molar-refractivity contribution is -0.129. The molecule has 0 aliphatic carbocycles. The molecule has 0 unspecified atom stereocenters. The zero-order chi connectivity index (χ0) is 23.1. The molecule has 5 rings (SSSR count). The van der Waals surface area contributed by atoms with Gasteiger partial charge in [-0.3, -0.25) is 14.2 Å². The maximum Gasteiger partial charge on any atom is 0.283 e. The number of H-pyrrole nitrogens is 1. The van der Waals surface area contributed by atoms with Crippen LogP contribution in [-0.4, -0.2) is 44.2 Å². The number of hydrogen-bond donors (Lipinski definition) is 1. The molecule has 1 fully saturated rings. The van der Waals surface area contributed by atoms with Crippen LogP contribution in [0.3, 0.4) is 0 Å². The second-order valence-corrected chi connectivity index (χ2v) is 10.0. The Morgan fingerprint density at radius 3 is 2.70 bits per heavy atom. The molecule has 7 heteroatoms. The Hall–Kier alpha value is -3.06. The number of aromatic amines is 1. The van der Waals surface area contributed by atoms with E-state index in [-0.39, 0.29) is 17.2 Å². The molecule has 0 bridgehead atoms. The summed E-state index contributed by atoms with van der Waals surface area (Å²) in [5, 5.41) is 1.46. The van der Waals surface area contributed by atoms with E-state index >= 15 is 0 Å². The number of nitrogens with one attached hydrogen (secondary N) is 1.